The van der Waals surface area contributed by atoms with Gasteiger partial charge in [-0.3, -0.25) is 0 Å². The number of halogens is 4. The van der Waals surface area contributed by atoms with Crippen LogP contribution in [0.2, 0.25) is 5.02 Å². The number of rotatable bonds is 2. The lowest BCUT2D eigenvalue weighted by Crippen LogP contribution is -2.21. The van der Waals surface area contributed by atoms with E-state index < -0.39 is 12.7 Å². The molecular weight excluding hydrogens is 203 g/mol. The Hall–Kier alpha value is -0.900. The molecular formula is C8H7ClF3N. The van der Waals surface area contributed by atoms with Gasteiger partial charge in [0.2, 0.25) is 0 Å². The molecule has 0 saturated carbocycles. The lowest BCUT2D eigenvalue weighted by atomic mass is 10.3. The molecule has 0 unspecified atom stereocenters. The summed E-state index contributed by atoms with van der Waals surface area (Å²) in [6, 6.07) is 6.15. The van der Waals surface area contributed by atoms with Crippen molar-refractivity contribution in [3.63, 3.8) is 0 Å². The molecule has 0 amide bonds. The van der Waals surface area contributed by atoms with E-state index >= 15 is 0 Å². The van der Waals surface area contributed by atoms with E-state index in [0.29, 0.717) is 10.7 Å². The molecule has 0 aliphatic heterocycles. The Kier molecular flexibility index (Phi) is 3.03. The van der Waals surface area contributed by atoms with Crippen LogP contribution in [0.5, 0.6) is 0 Å². The summed E-state index contributed by atoms with van der Waals surface area (Å²) in [6.45, 7) is -1.05. The van der Waals surface area contributed by atoms with Crippen molar-refractivity contribution >= 4 is 17.3 Å². The summed E-state index contributed by atoms with van der Waals surface area (Å²) in [4.78, 5) is 0. The molecule has 0 atom stereocenters. The highest BCUT2D eigenvalue weighted by Crippen LogP contribution is 2.18. The minimum absolute atomic E-state index is 0.366. The van der Waals surface area contributed by atoms with E-state index in [1.165, 1.54) is 12.1 Å². The van der Waals surface area contributed by atoms with Crippen molar-refractivity contribution < 1.29 is 13.2 Å². The van der Waals surface area contributed by atoms with Crippen molar-refractivity contribution in [2.45, 2.75) is 6.18 Å². The second-order valence-corrected chi connectivity index (χ2v) is 2.92. The van der Waals surface area contributed by atoms with Crippen LogP contribution in [0.1, 0.15) is 0 Å². The summed E-state index contributed by atoms with van der Waals surface area (Å²) >= 11 is 5.57. The summed E-state index contributed by atoms with van der Waals surface area (Å²) in [7, 11) is 0. The number of hydrogen-bond donors (Lipinski definition) is 1. The first-order valence-electron chi connectivity index (χ1n) is 3.53. The highest BCUT2D eigenvalue weighted by molar-refractivity contribution is 6.30. The maximum atomic E-state index is 11.7. The molecule has 0 aliphatic carbocycles. The minimum Gasteiger partial charge on any atom is -0.376 e. The van der Waals surface area contributed by atoms with E-state index in [1.807, 2.05) is 0 Å². The van der Waals surface area contributed by atoms with Crippen LogP contribution >= 0.6 is 11.6 Å². The number of benzene rings is 1. The molecule has 0 spiro atoms. The van der Waals surface area contributed by atoms with Crippen LogP contribution in [0.3, 0.4) is 0 Å². The molecule has 1 aromatic rings. The van der Waals surface area contributed by atoms with Gasteiger partial charge in [0, 0.05) is 10.7 Å². The summed E-state index contributed by atoms with van der Waals surface area (Å²) in [5, 5.41) is 2.63. The van der Waals surface area contributed by atoms with Crippen molar-refractivity contribution in [3.05, 3.63) is 29.3 Å². The third-order valence-corrected chi connectivity index (χ3v) is 1.55. The lowest BCUT2D eigenvalue weighted by Gasteiger charge is -2.09. The maximum Gasteiger partial charge on any atom is 0.405 e. The van der Waals surface area contributed by atoms with Gasteiger partial charge in [-0.15, -0.1) is 0 Å². The van der Waals surface area contributed by atoms with Gasteiger partial charge in [-0.25, -0.2) is 0 Å². The zero-order valence-corrected chi connectivity index (χ0v) is 7.28. The highest BCUT2D eigenvalue weighted by Gasteiger charge is 2.26. The van der Waals surface area contributed by atoms with Crippen LogP contribution < -0.4 is 5.32 Å². The zero-order chi connectivity index (χ0) is 9.90. The van der Waals surface area contributed by atoms with Crippen LogP contribution in [-0.2, 0) is 0 Å². The third-order valence-electron chi connectivity index (χ3n) is 1.32. The molecule has 1 aromatic carbocycles. The normalized spacial score (nSPS) is 11.4. The van der Waals surface area contributed by atoms with Gasteiger partial charge >= 0.3 is 6.18 Å². The fourth-order valence-electron chi connectivity index (χ4n) is 0.801. The van der Waals surface area contributed by atoms with Crippen molar-refractivity contribution in [1.29, 1.82) is 0 Å². The van der Waals surface area contributed by atoms with Gasteiger partial charge in [0.25, 0.3) is 0 Å². The zero-order valence-electron chi connectivity index (χ0n) is 6.53. The number of hydrogen-bond acceptors (Lipinski definition) is 1. The van der Waals surface area contributed by atoms with E-state index in [0.717, 1.165) is 0 Å². The quantitative estimate of drug-likeness (QED) is 0.788. The first kappa shape index (κ1) is 10.2. The van der Waals surface area contributed by atoms with Crippen LogP contribution in [0.4, 0.5) is 18.9 Å². The SMILES string of the molecule is FC(F)(F)CNc1cccc(Cl)c1. The van der Waals surface area contributed by atoms with Crippen molar-refractivity contribution in [2.75, 3.05) is 11.9 Å². The Labute approximate surface area is 78.5 Å². The van der Waals surface area contributed by atoms with E-state index in [-0.39, 0.29) is 0 Å². The molecule has 0 saturated heterocycles. The summed E-state index contributed by atoms with van der Waals surface area (Å²) in [5.74, 6) is 0. The Morgan fingerprint density at radius 3 is 2.54 bits per heavy atom. The van der Waals surface area contributed by atoms with Crippen LogP contribution in [0.25, 0.3) is 0 Å². The topological polar surface area (TPSA) is 12.0 Å². The molecule has 0 aliphatic rings. The predicted molar refractivity (Wildman–Crippen MR) is 46.0 cm³/mol. The van der Waals surface area contributed by atoms with Gasteiger partial charge in [0.1, 0.15) is 6.54 Å². The number of nitrogens with one attached hydrogen (secondary N) is 1. The molecule has 0 aromatic heterocycles. The minimum atomic E-state index is -4.21. The second-order valence-electron chi connectivity index (χ2n) is 2.48. The molecule has 13 heavy (non-hydrogen) atoms. The van der Waals surface area contributed by atoms with Crippen molar-refractivity contribution in [2.24, 2.45) is 0 Å². The Morgan fingerprint density at radius 2 is 2.00 bits per heavy atom. The molecule has 0 fully saturated rings. The van der Waals surface area contributed by atoms with E-state index in [9.17, 15) is 13.2 Å². The van der Waals surface area contributed by atoms with Crippen molar-refractivity contribution in [1.82, 2.24) is 0 Å². The maximum absolute atomic E-state index is 11.7. The monoisotopic (exact) mass is 209 g/mol. The third kappa shape index (κ3) is 4.03. The Bertz CT molecular complexity index is 285. The molecule has 5 heteroatoms. The number of anilines is 1. The van der Waals surface area contributed by atoms with Gasteiger partial charge in [0.15, 0.2) is 0 Å². The predicted octanol–water partition coefficient (Wildman–Crippen LogP) is 3.31. The van der Waals surface area contributed by atoms with Gasteiger partial charge in [0.05, 0.1) is 0 Å². The molecule has 1 rings (SSSR count). The van der Waals surface area contributed by atoms with Crippen LogP contribution in [0, 0.1) is 0 Å². The second kappa shape index (κ2) is 3.87. The largest absolute Gasteiger partial charge is 0.405 e. The van der Waals surface area contributed by atoms with Gasteiger partial charge < -0.3 is 5.32 Å². The fraction of sp³-hybridized carbons (Fsp3) is 0.250. The Morgan fingerprint density at radius 1 is 1.31 bits per heavy atom. The van der Waals surface area contributed by atoms with E-state index in [1.54, 1.807) is 12.1 Å². The molecule has 0 heterocycles. The average molecular weight is 210 g/mol. The van der Waals surface area contributed by atoms with Gasteiger partial charge in [-0.2, -0.15) is 13.2 Å². The first-order chi connectivity index (χ1) is 5.97. The number of alkyl halides is 3. The molecule has 72 valence electrons. The van der Waals surface area contributed by atoms with Gasteiger partial charge in [-0.1, -0.05) is 17.7 Å². The molecule has 0 bridgehead atoms. The van der Waals surface area contributed by atoms with Crippen molar-refractivity contribution in [3.8, 4) is 0 Å². The standard InChI is InChI=1S/C8H7ClF3N/c9-6-2-1-3-7(4-6)13-5-8(10,11)12/h1-4,13H,5H2. The lowest BCUT2D eigenvalue weighted by molar-refractivity contribution is -0.115. The summed E-state index contributed by atoms with van der Waals surface area (Å²) in [6.07, 6.45) is -4.21. The average Bonchev–Trinajstić information content (AvgIpc) is 2.00. The smallest absolute Gasteiger partial charge is 0.376 e. The van der Waals surface area contributed by atoms with E-state index in [4.69, 9.17) is 11.6 Å². The molecule has 1 nitrogen and oxygen atoms in total. The first-order valence-corrected chi connectivity index (χ1v) is 3.91. The molecule has 1 N–H and O–H groups in total. The van der Waals surface area contributed by atoms with Gasteiger partial charge in [-0.05, 0) is 18.2 Å². The summed E-state index contributed by atoms with van der Waals surface area (Å²) in [5.41, 5.74) is 0.366. The fourth-order valence-corrected chi connectivity index (χ4v) is 0.991. The Balaban J connectivity index is 2.55. The highest BCUT2D eigenvalue weighted by atomic mass is 35.5. The van der Waals surface area contributed by atoms with Crippen LogP contribution in [0.15, 0.2) is 24.3 Å². The van der Waals surface area contributed by atoms with E-state index in [2.05, 4.69) is 5.32 Å². The van der Waals surface area contributed by atoms with Crippen LogP contribution in [-0.4, -0.2) is 12.7 Å². The summed E-state index contributed by atoms with van der Waals surface area (Å²) < 4.78 is 35.2. The molecule has 0 radical (unpaired) electrons.